The van der Waals surface area contributed by atoms with Gasteiger partial charge in [-0.15, -0.1) is 0 Å². The average Bonchev–Trinajstić information content (AvgIpc) is 2.87. The van der Waals surface area contributed by atoms with Crippen molar-refractivity contribution in [2.45, 2.75) is 40.0 Å². The van der Waals surface area contributed by atoms with Crippen LogP contribution in [0, 0.1) is 0 Å². The molecule has 2 rings (SSSR count). The first-order valence-corrected chi connectivity index (χ1v) is 14.1. The summed E-state index contributed by atoms with van der Waals surface area (Å²) in [6.07, 6.45) is 3.46. The first-order valence-electron chi connectivity index (χ1n) is 12.4. The molecule has 37 heavy (non-hydrogen) atoms. The van der Waals surface area contributed by atoms with Crippen LogP contribution in [-0.2, 0) is 30.7 Å². The van der Waals surface area contributed by atoms with Gasteiger partial charge in [-0.05, 0) is 61.7 Å². The Bertz CT molecular complexity index is 1110. The summed E-state index contributed by atoms with van der Waals surface area (Å²) in [7, 11) is -3.34. The molecule has 0 aromatic heterocycles. The van der Waals surface area contributed by atoms with Gasteiger partial charge in [-0.3, -0.25) is 4.72 Å². The summed E-state index contributed by atoms with van der Waals surface area (Å²) in [6, 6.07) is 12.3. The van der Waals surface area contributed by atoms with E-state index in [1.165, 1.54) is 6.08 Å². The predicted molar refractivity (Wildman–Crippen MR) is 144 cm³/mol. The number of carboxylic acids is 1. The minimum atomic E-state index is -3.34. The lowest BCUT2D eigenvalue weighted by Gasteiger charge is -2.14. The average molecular weight is 536 g/mol. The lowest BCUT2D eigenvalue weighted by molar-refractivity contribution is -0.136. The maximum atomic E-state index is 12.1. The van der Waals surface area contributed by atoms with Crippen molar-refractivity contribution >= 4 is 27.8 Å². The van der Waals surface area contributed by atoms with E-state index in [0.717, 1.165) is 12.0 Å². The van der Waals surface area contributed by atoms with Gasteiger partial charge in [0.15, 0.2) is 11.5 Å². The van der Waals surface area contributed by atoms with E-state index in [0.29, 0.717) is 62.0 Å². The predicted octanol–water partition coefficient (Wildman–Crippen LogP) is 4.73. The van der Waals surface area contributed by atoms with Crippen molar-refractivity contribution in [2.24, 2.45) is 0 Å². The molecule has 2 N–H and O–H groups in total. The Balaban J connectivity index is 2.05. The molecule has 0 amide bonds. The van der Waals surface area contributed by atoms with Crippen LogP contribution in [0.15, 0.2) is 48.2 Å². The molecule has 204 valence electrons. The van der Waals surface area contributed by atoms with E-state index in [2.05, 4.69) is 4.72 Å². The zero-order chi connectivity index (χ0) is 27.1. The van der Waals surface area contributed by atoms with Crippen LogP contribution in [0.25, 0.3) is 6.08 Å². The number of ether oxygens (including phenoxy) is 4. The Morgan fingerprint density at radius 3 is 2.32 bits per heavy atom. The van der Waals surface area contributed by atoms with Gasteiger partial charge in [-0.25, -0.2) is 13.2 Å². The van der Waals surface area contributed by atoms with E-state index in [-0.39, 0.29) is 18.1 Å². The van der Waals surface area contributed by atoms with Gasteiger partial charge in [0.1, 0.15) is 6.61 Å². The lowest BCUT2D eigenvalue weighted by Crippen LogP contribution is -2.16. The third-order valence-electron chi connectivity index (χ3n) is 5.11. The molecule has 9 nitrogen and oxygen atoms in total. The summed E-state index contributed by atoms with van der Waals surface area (Å²) in [5.74, 6) is -0.228. The Kier molecular flexibility index (Phi) is 12.8. The Hall–Kier alpha value is -3.24. The van der Waals surface area contributed by atoms with Crippen LogP contribution in [-0.4, -0.2) is 58.3 Å². The van der Waals surface area contributed by atoms with Gasteiger partial charge in [-0.1, -0.05) is 31.5 Å². The molecule has 0 heterocycles. The quantitative estimate of drug-likeness (QED) is 0.160. The van der Waals surface area contributed by atoms with Crippen molar-refractivity contribution in [1.82, 2.24) is 0 Å². The zero-order valence-corrected chi connectivity index (χ0v) is 22.5. The van der Waals surface area contributed by atoms with Crippen LogP contribution in [0.1, 0.15) is 44.7 Å². The van der Waals surface area contributed by atoms with Crippen LogP contribution in [0.3, 0.4) is 0 Å². The van der Waals surface area contributed by atoms with Gasteiger partial charge in [-0.2, -0.15) is 0 Å². The van der Waals surface area contributed by atoms with Crippen LogP contribution < -0.4 is 14.2 Å². The number of benzene rings is 2. The van der Waals surface area contributed by atoms with Crippen molar-refractivity contribution in [1.29, 1.82) is 0 Å². The molecule has 0 saturated carbocycles. The topological polar surface area (TPSA) is 120 Å². The summed E-state index contributed by atoms with van der Waals surface area (Å²) in [5, 5.41) is 9.32. The fourth-order valence-corrected chi connectivity index (χ4v) is 4.52. The molecule has 0 atom stereocenters. The standard InChI is InChI=1S/C27H37NO8S/c1-4-7-18-37(31,32)28-23-11-8-21(9-12-23)14-15-35-24-13-10-22(20-26(27(29)30)34-6-3)19-25(24)36-17-16-33-5-2/h8-13,19-20,28H,4-7,14-18H2,1-3H3,(H,29,30)/b26-20-. The van der Waals surface area contributed by atoms with Gasteiger partial charge >= 0.3 is 5.97 Å². The van der Waals surface area contributed by atoms with Gasteiger partial charge in [0.2, 0.25) is 15.8 Å². The zero-order valence-electron chi connectivity index (χ0n) is 21.7. The number of hydrogen-bond acceptors (Lipinski definition) is 7. The molecular formula is C27H37NO8S. The number of carbonyl (C=O) groups is 1. The number of nitrogens with one attached hydrogen (secondary N) is 1. The van der Waals surface area contributed by atoms with Crippen LogP contribution >= 0.6 is 0 Å². The van der Waals surface area contributed by atoms with Crippen LogP contribution in [0.5, 0.6) is 11.5 Å². The molecule has 0 aliphatic rings. The largest absolute Gasteiger partial charge is 0.489 e. The minimum absolute atomic E-state index is 0.103. The van der Waals surface area contributed by atoms with Crippen molar-refractivity contribution in [2.75, 3.05) is 43.5 Å². The molecule has 0 aliphatic heterocycles. The first-order chi connectivity index (χ1) is 17.8. The molecule has 0 aliphatic carbocycles. The highest BCUT2D eigenvalue weighted by atomic mass is 32.2. The highest BCUT2D eigenvalue weighted by Gasteiger charge is 2.12. The molecule has 0 unspecified atom stereocenters. The number of hydrogen-bond donors (Lipinski definition) is 2. The maximum Gasteiger partial charge on any atom is 0.371 e. The Morgan fingerprint density at radius 2 is 1.68 bits per heavy atom. The first kappa shape index (κ1) is 30.0. The normalized spacial score (nSPS) is 11.7. The number of sulfonamides is 1. The number of anilines is 1. The Morgan fingerprint density at radius 1 is 0.946 bits per heavy atom. The summed E-state index contributed by atoms with van der Waals surface area (Å²) < 4.78 is 49.1. The number of unbranched alkanes of at least 4 members (excludes halogenated alkanes) is 1. The molecule has 2 aromatic carbocycles. The lowest BCUT2D eigenvalue weighted by atomic mass is 10.1. The SMILES string of the molecule is CCCCS(=O)(=O)Nc1ccc(CCOc2ccc(/C=C(\OCC)C(=O)O)cc2OCCOCC)cc1. The number of rotatable bonds is 18. The van der Waals surface area contributed by atoms with E-state index in [1.807, 2.05) is 26.0 Å². The maximum absolute atomic E-state index is 12.1. The molecule has 0 bridgehead atoms. The number of aliphatic carboxylic acids is 1. The summed E-state index contributed by atoms with van der Waals surface area (Å²) >= 11 is 0. The highest BCUT2D eigenvalue weighted by molar-refractivity contribution is 7.92. The van der Waals surface area contributed by atoms with Gasteiger partial charge in [0.05, 0.1) is 25.6 Å². The van der Waals surface area contributed by atoms with Crippen molar-refractivity contribution < 1.29 is 37.3 Å². The highest BCUT2D eigenvalue weighted by Crippen LogP contribution is 2.30. The molecule has 0 spiro atoms. The third-order valence-corrected chi connectivity index (χ3v) is 6.48. The summed E-state index contributed by atoms with van der Waals surface area (Å²) in [4.78, 5) is 11.4. The van der Waals surface area contributed by atoms with E-state index >= 15 is 0 Å². The van der Waals surface area contributed by atoms with Crippen LogP contribution in [0.2, 0.25) is 0 Å². The van der Waals surface area contributed by atoms with E-state index in [9.17, 15) is 18.3 Å². The fourth-order valence-electron chi connectivity index (χ4n) is 3.26. The van der Waals surface area contributed by atoms with Gasteiger partial charge in [0.25, 0.3) is 0 Å². The van der Waals surface area contributed by atoms with Crippen molar-refractivity contribution in [3.8, 4) is 11.5 Å². The molecule has 10 heteroatoms. The fraction of sp³-hybridized carbons (Fsp3) is 0.444. The molecule has 0 saturated heterocycles. The second-order valence-electron chi connectivity index (χ2n) is 8.07. The monoisotopic (exact) mass is 535 g/mol. The van der Waals surface area contributed by atoms with Gasteiger partial charge in [0, 0.05) is 18.7 Å². The van der Waals surface area contributed by atoms with Gasteiger partial charge < -0.3 is 24.1 Å². The minimum Gasteiger partial charge on any atom is -0.489 e. The molecule has 0 fully saturated rings. The second-order valence-corrected chi connectivity index (χ2v) is 9.91. The molecule has 2 aromatic rings. The van der Waals surface area contributed by atoms with Crippen LogP contribution in [0.4, 0.5) is 5.69 Å². The van der Waals surface area contributed by atoms with E-state index in [1.54, 1.807) is 37.3 Å². The summed E-state index contributed by atoms with van der Waals surface area (Å²) in [6.45, 7) is 7.45. The van der Waals surface area contributed by atoms with Crippen molar-refractivity contribution in [3.63, 3.8) is 0 Å². The smallest absolute Gasteiger partial charge is 0.371 e. The second kappa shape index (κ2) is 15.8. The third kappa shape index (κ3) is 11.1. The van der Waals surface area contributed by atoms with E-state index < -0.39 is 16.0 Å². The summed E-state index contributed by atoms with van der Waals surface area (Å²) in [5.41, 5.74) is 2.11. The number of carboxylic acid groups (broad SMARTS) is 1. The molecular weight excluding hydrogens is 498 g/mol. The molecule has 0 radical (unpaired) electrons. The van der Waals surface area contributed by atoms with Crippen molar-refractivity contribution in [3.05, 3.63) is 59.4 Å². The Labute approximate surface area is 219 Å². The van der Waals surface area contributed by atoms with E-state index in [4.69, 9.17) is 18.9 Å².